The number of aliphatic hydroxyl groups excluding tert-OH is 3. The summed E-state index contributed by atoms with van der Waals surface area (Å²) in [5.74, 6) is -4.18. The Morgan fingerprint density at radius 3 is 1.88 bits per heavy atom. The average molecular weight is 454 g/mol. The fraction of sp³-hybridized carbons (Fsp3) is 0.500. The molecule has 0 fully saturated rings. The molecule has 0 aliphatic heterocycles. The second-order valence-corrected chi connectivity index (χ2v) is 7.33. The van der Waals surface area contributed by atoms with Crippen molar-refractivity contribution in [3.8, 4) is 0 Å². The van der Waals surface area contributed by atoms with Gasteiger partial charge in [-0.3, -0.25) is 14.4 Å². The fourth-order valence-electron chi connectivity index (χ4n) is 2.66. The Kier molecular flexibility index (Phi) is 10.7. The second-order valence-electron chi connectivity index (χ2n) is 7.33. The van der Waals surface area contributed by atoms with Crippen LogP contribution in [0.3, 0.4) is 0 Å². The monoisotopic (exact) mass is 454 g/mol. The van der Waals surface area contributed by atoms with Gasteiger partial charge in [-0.25, -0.2) is 4.79 Å². The number of nitrogens with one attached hydrogen (secondary N) is 3. The van der Waals surface area contributed by atoms with Crippen LogP contribution in [-0.4, -0.2) is 87.1 Å². The van der Waals surface area contributed by atoms with Gasteiger partial charge >= 0.3 is 5.97 Å². The van der Waals surface area contributed by atoms with Crippen molar-refractivity contribution >= 4 is 23.7 Å². The summed E-state index contributed by atoms with van der Waals surface area (Å²) in [5.41, 5.74) is 6.14. The van der Waals surface area contributed by atoms with Gasteiger partial charge in [-0.1, -0.05) is 30.3 Å². The van der Waals surface area contributed by atoms with E-state index in [-0.39, 0.29) is 6.42 Å². The molecule has 32 heavy (non-hydrogen) atoms. The van der Waals surface area contributed by atoms with E-state index in [2.05, 4.69) is 16.0 Å². The maximum Gasteiger partial charge on any atom is 0.328 e. The van der Waals surface area contributed by atoms with Gasteiger partial charge in [-0.15, -0.1) is 0 Å². The summed E-state index contributed by atoms with van der Waals surface area (Å²) in [6.45, 7) is 1.64. The fourth-order valence-corrected chi connectivity index (χ4v) is 2.66. The lowest BCUT2D eigenvalue weighted by Crippen LogP contribution is -2.60. The van der Waals surface area contributed by atoms with Crippen LogP contribution < -0.4 is 21.7 Å². The highest BCUT2D eigenvalue weighted by Crippen LogP contribution is 2.05. The van der Waals surface area contributed by atoms with E-state index in [1.54, 1.807) is 30.3 Å². The molecule has 178 valence electrons. The lowest BCUT2D eigenvalue weighted by Gasteiger charge is -2.25. The summed E-state index contributed by atoms with van der Waals surface area (Å²) in [7, 11) is 0. The molecule has 0 radical (unpaired) electrons. The number of benzene rings is 1. The number of nitrogens with two attached hydrogens (primary N) is 1. The van der Waals surface area contributed by atoms with Gasteiger partial charge in [-0.2, -0.15) is 0 Å². The molecule has 9 N–H and O–H groups in total. The third-order valence-corrected chi connectivity index (χ3v) is 4.60. The first-order valence-electron chi connectivity index (χ1n) is 9.88. The van der Waals surface area contributed by atoms with E-state index >= 15 is 0 Å². The number of aliphatic carboxylic acids is 1. The van der Waals surface area contributed by atoms with Crippen LogP contribution in [0.1, 0.15) is 19.4 Å². The smallest absolute Gasteiger partial charge is 0.328 e. The molecule has 0 aromatic heterocycles. The van der Waals surface area contributed by atoms with Crippen molar-refractivity contribution < 1.29 is 39.6 Å². The van der Waals surface area contributed by atoms with E-state index in [9.17, 15) is 39.6 Å². The quantitative estimate of drug-likeness (QED) is 0.160. The van der Waals surface area contributed by atoms with E-state index in [4.69, 9.17) is 5.73 Å². The van der Waals surface area contributed by atoms with Gasteiger partial charge in [0.25, 0.3) is 0 Å². The van der Waals surface area contributed by atoms with E-state index in [1.165, 1.54) is 13.8 Å². The zero-order valence-electron chi connectivity index (χ0n) is 17.8. The predicted molar refractivity (Wildman–Crippen MR) is 112 cm³/mol. The Labute approximate surface area is 184 Å². The number of aliphatic hydroxyl groups is 3. The zero-order valence-corrected chi connectivity index (χ0v) is 17.8. The highest BCUT2D eigenvalue weighted by molar-refractivity contribution is 5.94. The van der Waals surface area contributed by atoms with E-state index in [1.807, 2.05) is 0 Å². The Balaban J connectivity index is 3.02. The van der Waals surface area contributed by atoms with Crippen LogP contribution in [0.15, 0.2) is 30.3 Å². The molecule has 0 bridgehead atoms. The van der Waals surface area contributed by atoms with Crippen molar-refractivity contribution in [2.45, 2.75) is 56.6 Å². The van der Waals surface area contributed by atoms with Crippen molar-refractivity contribution in [2.75, 3.05) is 6.61 Å². The van der Waals surface area contributed by atoms with Crippen molar-refractivity contribution in [3.63, 3.8) is 0 Å². The first-order chi connectivity index (χ1) is 15.0. The number of carbonyl (C=O) groups is 4. The van der Waals surface area contributed by atoms with Crippen LogP contribution in [0.25, 0.3) is 0 Å². The van der Waals surface area contributed by atoms with Crippen molar-refractivity contribution in [1.82, 2.24) is 16.0 Å². The Morgan fingerprint density at radius 1 is 0.875 bits per heavy atom. The number of hydrogen-bond acceptors (Lipinski definition) is 8. The van der Waals surface area contributed by atoms with Crippen molar-refractivity contribution in [3.05, 3.63) is 35.9 Å². The molecule has 1 aromatic carbocycles. The normalized spacial score (nSPS) is 16.6. The zero-order chi connectivity index (χ0) is 24.4. The van der Waals surface area contributed by atoms with Gasteiger partial charge in [0.05, 0.1) is 18.8 Å². The molecule has 0 saturated carbocycles. The molecule has 0 aliphatic rings. The molecule has 0 saturated heterocycles. The van der Waals surface area contributed by atoms with Gasteiger partial charge in [-0.05, 0) is 19.4 Å². The highest BCUT2D eigenvalue weighted by atomic mass is 16.4. The molecule has 1 aromatic rings. The number of hydrogen-bond donors (Lipinski definition) is 8. The summed E-state index contributed by atoms with van der Waals surface area (Å²) in [4.78, 5) is 48.7. The summed E-state index contributed by atoms with van der Waals surface area (Å²) >= 11 is 0. The summed E-state index contributed by atoms with van der Waals surface area (Å²) in [6, 6.07) is 2.79. The van der Waals surface area contributed by atoms with E-state index in [0.717, 1.165) is 0 Å². The van der Waals surface area contributed by atoms with Gasteiger partial charge in [0.1, 0.15) is 18.1 Å². The lowest BCUT2D eigenvalue weighted by atomic mass is 10.0. The maximum absolute atomic E-state index is 12.7. The standard InChI is InChI=1S/C20H30N4O8/c1-10(26)15(21)19(30)23-14(9-25)18(29)22-13(8-12-6-4-3-5-7-12)17(28)24-16(11(2)27)20(31)32/h3-7,10-11,13-16,25-27H,8-9,21H2,1-2H3,(H,22,29)(H,23,30)(H,24,28)(H,31,32). The van der Waals surface area contributed by atoms with Gasteiger partial charge < -0.3 is 42.1 Å². The molecule has 0 heterocycles. The molecule has 6 unspecified atom stereocenters. The molecule has 1 rings (SSSR count). The first kappa shape index (κ1) is 27.0. The topological polar surface area (TPSA) is 211 Å². The minimum absolute atomic E-state index is 0.0379. The Morgan fingerprint density at radius 2 is 1.41 bits per heavy atom. The minimum atomic E-state index is -1.62. The second kappa shape index (κ2) is 12.7. The third kappa shape index (κ3) is 8.23. The van der Waals surface area contributed by atoms with Gasteiger partial charge in [0.2, 0.25) is 17.7 Å². The molecule has 3 amide bonds. The highest BCUT2D eigenvalue weighted by Gasteiger charge is 2.32. The predicted octanol–water partition coefficient (Wildman–Crippen LogP) is -3.15. The number of carboxylic acids is 1. The summed E-state index contributed by atoms with van der Waals surface area (Å²) in [5, 5.41) is 44.4. The molecule has 0 aliphatic carbocycles. The van der Waals surface area contributed by atoms with Crippen LogP contribution in [0.2, 0.25) is 0 Å². The number of rotatable bonds is 12. The summed E-state index contributed by atoms with van der Waals surface area (Å²) in [6.07, 6.45) is -2.65. The number of amides is 3. The van der Waals surface area contributed by atoms with Gasteiger partial charge in [0, 0.05) is 6.42 Å². The third-order valence-electron chi connectivity index (χ3n) is 4.60. The van der Waals surface area contributed by atoms with Crippen LogP contribution in [-0.2, 0) is 25.6 Å². The van der Waals surface area contributed by atoms with Crippen LogP contribution in [0, 0.1) is 0 Å². The van der Waals surface area contributed by atoms with Crippen LogP contribution >= 0.6 is 0 Å². The lowest BCUT2D eigenvalue weighted by molar-refractivity contribution is -0.145. The summed E-state index contributed by atoms with van der Waals surface area (Å²) < 4.78 is 0. The molecule has 12 heteroatoms. The molecule has 6 atom stereocenters. The SMILES string of the molecule is CC(O)C(N)C(=O)NC(CO)C(=O)NC(Cc1ccccc1)C(=O)NC(C(=O)O)C(C)O. The molecule has 12 nitrogen and oxygen atoms in total. The van der Waals surface area contributed by atoms with E-state index in [0.29, 0.717) is 5.56 Å². The molecular formula is C20H30N4O8. The molecular weight excluding hydrogens is 424 g/mol. The average Bonchev–Trinajstić information content (AvgIpc) is 2.74. The van der Waals surface area contributed by atoms with Gasteiger partial charge in [0.15, 0.2) is 6.04 Å². The maximum atomic E-state index is 12.7. The largest absolute Gasteiger partial charge is 0.480 e. The number of carbonyl (C=O) groups excluding carboxylic acids is 3. The number of carboxylic acid groups (broad SMARTS) is 1. The minimum Gasteiger partial charge on any atom is -0.480 e. The van der Waals surface area contributed by atoms with Crippen molar-refractivity contribution in [2.24, 2.45) is 5.73 Å². The molecule has 0 spiro atoms. The first-order valence-corrected chi connectivity index (χ1v) is 9.88. The van der Waals surface area contributed by atoms with Crippen LogP contribution in [0.5, 0.6) is 0 Å². The Hall–Kier alpha value is -3.06. The van der Waals surface area contributed by atoms with Crippen LogP contribution in [0.4, 0.5) is 0 Å². The van der Waals surface area contributed by atoms with Crippen molar-refractivity contribution in [1.29, 1.82) is 0 Å². The van der Waals surface area contributed by atoms with E-state index < -0.39 is 66.7 Å². The Bertz CT molecular complexity index is 787.